The Hall–Kier alpha value is -15.3. The topological polar surface area (TPSA) is 659 Å². The molecule has 2 aliphatic heterocycles. The van der Waals surface area contributed by atoms with Crippen molar-refractivity contribution >= 4 is 106 Å². The van der Waals surface area contributed by atoms with Gasteiger partial charge >= 0.3 is 17.9 Å². The Balaban J connectivity index is 0.836. The molecule has 2 aliphatic rings. The van der Waals surface area contributed by atoms with E-state index in [4.69, 9.17) is 31.9 Å². The average Bonchev–Trinajstić information content (AvgIpc) is 1.49. The maximum Gasteiger partial charge on any atom is 0.340 e. The van der Waals surface area contributed by atoms with Gasteiger partial charge < -0.3 is 120 Å². The number of carboxylic acid groups (broad SMARTS) is 2. The molecule has 9 rings (SSSR count). The van der Waals surface area contributed by atoms with Gasteiger partial charge in [-0.3, -0.25) is 67.7 Å². The second-order valence-electron chi connectivity index (χ2n) is 30.1. The smallest absolute Gasteiger partial charge is 0.340 e. The van der Waals surface area contributed by atoms with Crippen LogP contribution in [0.2, 0.25) is 0 Å². The number of nitrogens with two attached hydrogens (primary N) is 2. The van der Waals surface area contributed by atoms with Crippen molar-refractivity contribution < 1.29 is 104 Å². The van der Waals surface area contributed by atoms with E-state index in [0.717, 1.165) is 18.3 Å². The van der Waals surface area contributed by atoms with E-state index in [9.17, 15) is 94.9 Å². The first-order valence-corrected chi connectivity index (χ1v) is 40.0. The van der Waals surface area contributed by atoms with Crippen molar-refractivity contribution in [1.82, 2.24) is 93.7 Å². The zero-order valence-electron chi connectivity index (χ0n) is 69.7. The number of carbonyl (C=O) groups is 14. The molecule has 682 valence electrons. The lowest BCUT2D eigenvalue weighted by molar-refractivity contribution is -0.139. The molecule has 44 nitrogen and oxygen atoms in total. The Morgan fingerprint density at radius 3 is 1.45 bits per heavy atom. The normalized spacial score (nSPS) is 13.8. The van der Waals surface area contributed by atoms with Crippen molar-refractivity contribution in [1.29, 1.82) is 5.41 Å². The monoisotopic (exact) mass is 1780 g/mol. The van der Waals surface area contributed by atoms with Gasteiger partial charge in [0.1, 0.15) is 71.6 Å². The highest BCUT2D eigenvalue weighted by Gasteiger charge is 2.54. The predicted octanol–water partition coefficient (Wildman–Crippen LogP) is 0.468. The number of carbonyl (C=O) groups excluding carboxylic acids is 12. The number of aliphatic carboxylic acids is 2. The molecule has 11 amide bonds. The van der Waals surface area contributed by atoms with Crippen molar-refractivity contribution in [3.8, 4) is 11.5 Å². The molecule has 0 bridgehead atoms. The molecule has 22 N–H and O–H groups in total. The Labute approximate surface area is 726 Å². The second kappa shape index (κ2) is 44.9. The van der Waals surface area contributed by atoms with E-state index in [0.29, 0.717) is 28.2 Å². The number of unbranched alkanes of at least 4 members (excludes halogenated alkanes) is 2. The van der Waals surface area contributed by atoms with Crippen molar-refractivity contribution in [2.24, 2.45) is 16.6 Å². The number of fused-ring (bicyclic) bond motifs is 6. The number of benzene rings is 4. The first-order chi connectivity index (χ1) is 61.0. The summed E-state index contributed by atoms with van der Waals surface area (Å²) in [5.74, 6) is -22.9. The van der Waals surface area contributed by atoms with Crippen LogP contribution in [0.3, 0.4) is 0 Å². The number of azide groups is 1. The lowest BCUT2D eigenvalue weighted by atomic mass is 9.77. The van der Waals surface area contributed by atoms with Crippen LogP contribution >= 0.6 is 0 Å². The van der Waals surface area contributed by atoms with Crippen LogP contribution in [-0.2, 0) is 82.3 Å². The molecule has 8 atom stereocenters. The number of hydrogen-bond acceptors (Lipinski definition) is 24. The molecule has 0 unspecified atom stereocenters. The molecule has 128 heavy (non-hydrogen) atoms. The third kappa shape index (κ3) is 25.5. The highest BCUT2D eigenvalue weighted by atomic mass is 19.2. The number of anilines is 2. The number of amides is 11. The average molecular weight is 1790 g/mol. The van der Waals surface area contributed by atoms with E-state index >= 15 is 0 Å². The summed E-state index contributed by atoms with van der Waals surface area (Å²) in [7, 11) is 7.51. The van der Waals surface area contributed by atoms with E-state index in [1.54, 1.807) is 12.1 Å². The molecule has 0 saturated heterocycles. The van der Waals surface area contributed by atoms with Gasteiger partial charge in [-0.25, -0.2) is 37.3 Å². The van der Waals surface area contributed by atoms with Crippen LogP contribution in [0.4, 0.5) is 34.6 Å². The Kier molecular flexibility index (Phi) is 33.9. The Bertz CT molecular complexity index is 5240. The van der Waals surface area contributed by atoms with E-state index < -0.39 is 216 Å². The fourth-order valence-electron chi connectivity index (χ4n) is 13.7. The number of rotatable bonds is 47. The minimum atomic E-state index is -2.12. The molecule has 0 radical (unpaired) electrons. The minimum Gasteiger partial charge on any atom is -0.481 e. The van der Waals surface area contributed by atoms with Crippen molar-refractivity contribution in [3.05, 3.63) is 176 Å². The number of aromatic amines is 3. The zero-order valence-corrected chi connectivity index (χ0v) is 69.7. The summed E-state index contributed by atoms with van der Waals surface area (Å²) in [5.41, 5.74) is 19.5. The maximum atomic E-state index is 15.0. The van der Waals surface area contributed by atoms with E-state index in [1.807, 2.05) is 74.4 Å². The third-order valence-corrected chi connectivity index (χ3v) is 20.4. The largest absolute Gasteiger partial charge is 0.481 e. The summed E-state index contributed by atoms with van der Waals surface area (Å²) in [6.45, 7) is -0.854. The minimum absolute atomic E-state index is 0.00288. The molecule has 0 saturated carbocycles. The van der Waals surface area contributed by atoms with Gasteiger partial charge in [-0.2, -0.15) is 0 Å². The number of ether oxygens (including phenoxy) is 2. The first kappa shape index (κ1) is 96.6. The summed E-state index contributed by atoms with van der Waals surface area (Å²) in [5, 5.41) is 59.1. The van der Waals surface area contributed by atoms with E-state index in [2.05, 4.69) is 104 Å². The van der Waals surface area contributed by atoms with Gasteiger partial charge in [-0.1, -0.05) is 11.2 Å². The van der Waals surface area contributed by atoms with Crippen molar-refractivity contribution in [2.75, 3.05) is 70.7 Å². The van der Waals surface area contributed by atoms with Gasteiger partial charge in [-0.05, 0) is 107 Å². The lowest BCUT2D eigenvalue weighted by Crippen LogP contribution is -2.61. The van der Waals surface area contributed by atoms with Gasteiger partial charge in [0.15, 0.2) is 34.8 Å². The Morgan fingerprint density at radius 2 is 0.977 bits per heavy atom. The number of hydrogen-bond donors (Lipinski definition) is 20. The van der Waals surface area contributed by atoms with Crippen LogP contribution in [0.25, 0.3) is 10.4 Å². The molecule has 1 spiro atoms. The fraction of sp³-hybridized carbons (Fsp3) is 0.400. The molecule has 7 aromatic rings. The summed E-state index contributed by atoms with van der Waals surface area (Å²) in [6, 6.07) is 3.08. The summed E-state index contributed by atoms with van der Waals surface area (Å²) >= 11 is 0. The summed E-state index contributed by atoms with van der Waals surface area (Å²) < 4.78 is 70.3. The highest BCUT2D eigenvalue weighted by molar-refractivity contribution is 6.03. The number of carboxylic acids is 2. The predicted molar refractivity (Wildman–Crippen MR) is 445 cm³/mol. The molecular weight excluding hydrogens is 1690 g/mol. The fourth-order valence-corrected chi connectivity index (χ4v) is 13.7. The first-order valence-electron chi connectivity index (χ1n) is 40.0. The molecule has 3 aromatic heterocycles. The molecule has 0 fully saturated rings. The number of guanidine groups is 1. The number of nitrogens with zero attached hydrogens (tertiary/aromatic N) is 8. The number of esters is 1. The highest BCUT2D eigenvalue weighted by Crippen LogP contribution is 2.57. The second-order valence-corrected chi connectivity index (χ2v) is 30.1. The molecule has 4 aromatic carbocycles. The van der Waals surface area contributed by atoms with Gasteiger partial charge in [0.05, 0.1) is 37.1 Å². The van der Waals surface area contributed by atoms with Crippen LogP contribution in [0.1, 0.15) is 136 Å². The van der Waals surface area contributed by atoms with Crippen LogP contribution in [0.15, 0.2) is 97.3 Å². The van der Waals surface area contributed by atoms with Gasteiger partial charge in [0, 0.05) is 160 Å². The quantitative estimate of drug-likeness (QED) is 0.00284. The number of H-pyrrole nitrogens is 3. The lowest BCUT2D eigenvalue weighted by Gasteiger charge is -2.37. The van der Waals surface area contributed by atoms with Gasteiger partial charge in [0.25, 0.3) is 11.8 Å². The number of halogens is 4. The van der Waals surface area contributed by atoms with Crippen LogP contribution in [-0.4, -0.2) is 238 Å². The number of nitrogens with one attached hydrogen (secondary N) is 16. The molecule has 5 heterocycles. The number of aromatic nitrogens is 6. The van der Waals surface area contributed by atoms with E-state index in [1.165, 1.54) is 43.6 Å². The van der Waals surface area contributed by atoms with Gasteiger partial charge in [-0.15, -0.1) is 0 Å². The van der Waals surface area contributed by atoms with Crippen molar-refractivity contribution in [2.45, 2.75) is 144 Å². The van der Waals surface area contributed by atoms with Crippen LogP contribution < -0.4 is 89.8 Å². The summed E-state index contributed by atoms with van der Waals surface area (Å²) in [6.07, 6.45) is 4.97. The molecule has 0 aliphatic carbocycles. The van der Waals surface area contributed by atoms with Crippen LogP contribution in [0.5, 0.6) is 11.5 Å². The standard InChI is InChI=1S/C80H96F4N26O18/c1-39(100-59(111)34-95-70(118)50(85)11-6-8-23-93-77(125)62-63(81)65(83)67(107-108-88)66(84)64(62)82)68(116)101-53(20-21-60(112)113)73(121)104-55(27-42-32-90-37-98-42)75(123)106-56(28-43-33-91-38-99-43)76(124)105-54(26-41-31-89-36-97-41)74(122)103-52(13-10-24-94-79(86)87)72(120)102-51(71(119)96-35-61(114)115)12-7-9-22-92-69(117)40-14-17-47-46(25-40)78(126)128-80(47)48-18-15-44(109(2)3)29-57(48)127-58-30-45(110(4)5)16-19-49(58)80/h14-19,25,29-33,36-39,50-56H,6-13,20-24,26-28,34-35,85H2,1-5H3,(H,89,97)(H,90,98)(H,91,99)(H,92,117)(H,93,125)(H,95,118)(H,96,119)(H,100,111)(H,101,116)(H,102,120)(H,103,122)(H,104,121)(H,105,124)(H,106,123)(H,112,113)(H,114,115)(H4,86,87,94)/t39-,50+,51+,52-,53-,54-,55-,56-/m1/s1. The zero-order chi connectivity index (χ0) is 93.2. The SMILES string of the molecule is C[C@@H](NC(=O)CNC(=O)[C@@H](N)CCCCNC(=O)c1c(F)c(F)c(N=[N+]=[N-])c(F)c1F)C(=O)N[C@H](CCC(=O)O)C(=O)N[C@H](Cc1cnc[nH]1)C(=O)N[C@H](Cc1cnc[nH]1)C(=O)N[C@H](Cc1cnc[nH]1)C(=O)N[C@H](CCCNC(=N)N)C(=O)N[C@@H](CCCCNC(=O)c1ccc2c(c1)C(=O)OC21c2ccc(N(C)C)cc2Oc2cc(N(C)C)ccc21)C(=O)NCC(=O)O. The van der Waals surface area contributed by atoms with Crippen molar-refractivity contribution in [3.63, 3.8) is 0 Å². The summed E-state index contributed by atoms with van der Waals surface area (Å²) in [4.78, 5) is 218. The number of imidazole rings is 3. The third-order valence-electron chi connectivity index (χ3n) is 20.4. The molecule has 48 heteroatoms. The molecular formula is C80H96F4N26O18. The van der Waals surface area contributed by atoms with Crippen LogP contribution in [0, 0.1) is 28.7 Å². The van der Waals surface area contributed by atoms with Gasteiger partial charge in [0.2, 0.25) is 53.2 Å². The Morgan fingerprint density at radius 1 is 0.531 bits per heavy atom. The van der Waals surface area contributed by atoms with E-state index in [-0.39, 0.29) is 106 Å². The maximum absolute atomic E-state index is 15.0.